The molecule has 0 aromatic carbocycles. The van der Waals surface area contributed by atoms with Crippen molar-refractivity contribution >= 4 is 10.1 Å². The topological polar surface area (TPSA) is 57.2 Å². The smallest absolute Gasteiger partial charge is 0.748 e. The first-order valence-corrected chi connectivity index (χ1v) is 4.72. The Bertz CT molecular complexity index is 221. The molecular weight excluding hydrogens is 220 g/mol. The van der Waals surface area contributed by atoms with Gasteiger partial charge in [0.1, 0.15) is 12.3 Å². The summed E-state index contributed by atoms with van der Waals surface area (Å²) in [5.41, 5.74) is 0. The fraction of sp³-hybridized carbons (Fsp3) is 1.00. The average molecular weight is 228 g/mol. The molecule has 2 unspecified atom stereocenters. The van der Waals surface area contributed by atoms with Crippen LogP contribution in [0.25, 0.3) is 0 Å². The molecule has 3 nitrogen and oxygen atoms in total. The molecule has 0 aromatic rings. The van der Waals surface area contributed by atoms with Gasteiger partial charge in [-0.15, -0.1) is 0 Å². The van der Waals surface area contributed by atoms with Crippen molar-refractivity contribution in [3.8, 4) is 0 Å². The van der Waals surface area contributed by atoms with Crippen molar-refractivity contribution in [2.75, 3.05) is 12.4 Å². The van der Waals surface area contributed by atoms with E-state index < -0.39 is 41.3 Å². The molecule has 0 aliphatic carbocycles. The van der Waals surface area contributed by atoms with E-state index in [1.807, 2.05) is 0 Å². The molecule has 13 heavy (non-hydrogen) atoms. The van der Waals surface area contributed by atoms with Crippen molar-refractivity contribution in [1.82, 2.24) is 0 Å². The molecule has 0 aliphatic rings. The van der Waals surface area contributed by atoms with E-state index in [-0.39, 0.29) is 29.6 Å². The Morgan fingerprint density at radius 2 is 1.69 bits per heavy atom. The van der Waals surface area contributed by atoms with Gasteiger partial charge in [-0.05, 0) is 0 Å². The molecular formula is C5H8F3NaO3S. The van der Waals surface area contributed by atoms with Crippen molar-refractivity contribution in [1.29, 1.82) is 0 Å². The molecule has 0 rings (SSSR count). The third-order valence-corrected chi connectivity index (χ3v) is 1.87. The second-order valence-electron chi connectivity index (χ2n) is 2.23. The molecule has 8 heteroatoms. The molecule has 0 saturated heterocycles. The van der Waals surface area contributed by atoms with E-state index in [4.69, 9.17) is 0 Å². The van der Waals surface area contributed by atoms with E-state index in [2.05, 4.69) is 0 Å². The van der Waals surface area contributed by atoms with Crippen molar-refractivity contribution < 1.29 is 55.7 Å². The molecule has 74 valence electrons. The third-order valence-electron chi connectivity index (χ3n) is 1.14. The largest absolute Gasteiger partial charge is 1.00 e. The molecule has 0 N–H and O–H groups in total. The van der Waals surface area contributed by atoms with Crippen molar-refractivity contribution in [3.63, 3.8) is 0 Å². The van der Waals surface area contributed by atoms with E-state index in [1.165, 1.54) is 0 Å². The van der Waals surface area contributed by atoms with Gasteiger partial charge in [-0.1, -0.05) is 0 Å². The Morgan fingerprint density at radius 1 is 1.23 bits per heavy atom. The standard InChI is InChI=1S/C5H9F3O3S.Na/c6-2-1-4(7)5(8)3-12(9,10)11;/h4-5H,1-3H2,(H,9,10,11);/q;+1/p-1. The van der Waals surface area contributed by atoms with Gasteiger partial charge in [0.15, 0.2) is 0 Å². The summed E-state index contributed by atoms with van der Waals surface area (Å²) in [5.74, 6) is -1.44. The zero-order valence-corrected chi connectivity index (χ0v) is 9.86. The summed E-state index contributed by atoms with van der Waals surface area (Å²) in [4.78, 5) is 0. The Balaban J connectivity index is 0. The van der Waals surface area contributed by atoms with Gasteiger partial charge >= 0.3 is 29.6 Å². The zero-order valence-electron chi connectivity index (χ0n) is 7.04. The fourth-order valence-corrected chi connectivity index (χ4v) is 1.18. The maximum atomic E-state index is 12.4. The molecule has 0 radical (unpaired) electrons. The molecule has 0 spiro atoms. The first kappa shape index (κ1) is 16.1. The summed E-state index contributed by atoms with van der Waals surface area (Å²) in [6.45, 7) is -1.08. The summed E-state index contributed by atoms with van der Waals surface area (Å²) >= 11 is 0. The minimum Gasteiger partial charge on any atom is -0.748 e. The molecule has 0 aromatic heterocycles. The van der Waals surface area contributed by atoms with Gasteiger partial charge in [0, 0.05) is 6.42 Å². The quantitative estimate of drug-likeness (QED) is 0.388. The minimum atomic E-state index is -4.77. The molecule has 0 bridgehead atoms. The summed E-state index contributed by atoms with van der Waals surface area (Å²) in [7, 11) is -4.77. The van der Waals surface area contributed by atoms with Crippen LogP contribution in [0.3, 0.4) is 0 Å². The Hall–Kier alpha value is 0.700. The van der Waals surface area contributed by atoms with Crippen molar-refractivity contribution in [3.05, 3.63) is 0 Å². The van der Waals surface area contributed by atoms with Crippen LogP contribution in [0, 0.1) is 0 Å². The normalized spacial score (nSPS) is 16.0. The van der Waals surface area contributed by atoms with E-state index in [0.29, 0.717) is 0 Å². The fourth-order valence-electron chi connectivity index (χ4n) is 0.584. The summed E-state index contributed by atoms with van der Waals surface area (Å²) in [6, 6.07) is 0. The summed E-state index contributed by atoms with van der Waals surface area (Å²) < 4.78 is 65.8. The van der Waals surface area contributed by atoms with Crippen LogP contribution in [0.2, 0.25) is 0 Å². The van der Waals surface area contributed by atoms with Crippen LogP contribution in [0.15, 0.2) is 0 Å². The van der Waals surface area contributed by atoms with Crippen LogP contribution in [-0.2, 0) is 10.1 Å². The molecule has 2 atom stereocenters. The Morgan fingerprint density at radius 3 is 2.00 bits per heavy atom. The molecule has 0 heterocycles. The zero-order chi connectivity index (χ0) is 9.78. The maximum Gasteiger partial charge on any atom is 1.00 e. The Labute approximate surface area is 96.7 Å². The number of hydrogen-bond donors (Lipinski definition) is 0. The van der Waals surface area contributed by atoms with Gasteiger partial charge in [0.05, 0.1) is 22.5 Å². The van der Waals surface area contributed by atoms with E-state index in [0.717, 1.165) is 0 Å². The van der Waals surface area contributed by atoms with Crippen LogP contribution in [0.5, 0.6) is 0 Å². The molecule has 0 amide bonds. The monoisotopic (exact) mass is 228 g/mol. The second-order valence-corrected chi connectivity index (χ2v) is 3.68. The third kappa shape index (κ3) is 9.01. The van der Waals surface area contributed by atoms with Crippen LogP contribution in [0.1, 0.15) is 6.42 Å². The van der Waals surface area contributed by atoms with E-state index >= 15 is 0 Å². The number of alkyl halides is 3. The second kappa shape index (κ2) is 7.05. The predicted molar refractivity (Wildman–Crippen MR) is 34.9 cm³/mol. The van der Waals surface area contributed by atoms with Crippen molar-refractivity contribution in [2.45, 2.75) is 18.8 Å². The van der Waals surface area contributed by atoms with Gasteiger partial charge in [-0.25, -0.2) is 17.2 Å². The molecule has 0 saturated carbocycles. The van der Waals surface area contributed by atoms with Gasteiger partial charge < -0.3 is 4.55 Å². The van der Waals surface area contributed by atoms with Crippen molar-refractivity contribution in [2.24, 2.45) is 0 Å². The molecule has 0 fully saturated rings. The van der Waals surface area contributed by atoms with Gasteiger partial charge in [0.25, 0.3) is 0 Å². The van der Waals surface area contributed by atoms with Gasteiger partial charge in [-0.2, -0.15) is 0 Å². The van der Waals surface area contributed by atoms with Gasteiger partial charge in [0.2, 0.25) is 0 Å². The number of rotatable bonds is 5. The average Bonchev–Trinajstić information content (AvgIpc) is 1.84. The number of halogens is 3. The first-order valence-electron chi connectivity index (χ1n) is 3.14. The SMILES string of the molecule is O=S(=O)([O-])CC(F)C(F)CCF.[Na+]. The Kier molecular flexibility index (Phi) is 8.76. The summed E-state index contributed by atoms with van der Waals surface area (Å²) in [5, 5.41) is 0. The molecule has 0 aliphatic heterocycles. The van der Waals surface area contributed by atoms with Crippen LogP contribution < -0.4 is 29.6 Å². The maximum absolute atomic E-state index is 12.4. The number of hydrogen-bond acceptors (Lipinski definition) is 3. The van der Waals surface area contributed by atoms with Crippen LogP contribution in [-0.4, -0.2) is 37.7 Å². The first-order chi connectivity index (χ1) is 5.37. The summed E-state index contributed by atoms with van der Waals surface area (Å²) in [6.07, 6.45) is -5.38. The minimum absolute atomic E-state index is 0. The van der Waals surface area contributed by atoms with E-state index in [9.17, 15) is 26.1 Å². The van der Waals surface area contributed by atoms with Crippen LogP contribution in [0.4, 0.5) is 13.2 Å². The predicted octanol–water partition coefficient (Wildman–Crippen LogP) is -2.43. The van der Waals surface area contributed by atoms with Crippen LogP contribution >= 0.6 is 0 Å². The van der Waals surface area contributed by atoms with Gasteiger partial charge in [-0.3, -0.25) is 4.39 Å². The van der Waals surface area contributed by atoms with E-state index in [1.54, 1.807) is 0 Å².